The van der Waals surface area contributed by atoms with Crippen molar-refractivity contribution < 1.29 is 84.3 Å². The summed E-state index contributed by atoms with van der Waals surface area (Å²) < 4.78 is 26.9. The Balaban J connectivity index is 0.871. The van der Waals surface area contributed by atoms with Gasteiger partial charge in [0.1, 0.15) is 0 Å². The van der Waals surface area contributed by atoms with Crippen LogP contribution in [0.15, 0.2) is 30.3 Å². The van der Waals surface area contributed by atoms with Gasteiger partial charge in [0.05, 0.1) is 38.0 Å². The molecule has 0 amide bonds. The summed E-state index contributed by atoms with van der Waals surface area (Å²) in [6.07, 6.45) is 3.62. The smallest absolute Gasteiger partial charge is 0.253 e. The van der Waals surface area contributed by atoms with Crippen molar-refractivity contribution in [3.8, 4) is 74.7 Å². The number of phenolic OH excluding ortho intramolecular Hbond substituents is 8. The highest BCUT2D eigenvalue weighted by molar-refractivity contribution is 6.07. The van der Waals surface area contributed by atoms with Crippen molar-refractivity contribution in [1.29, 1.82) is 0 Å². The number of aliphatic hydroxyl groups is 2. The molecule has 4 aromatic rings. The molecule has 0 bridgehead atoms. The second-order valence-electron chi connectivity index (χ2n) is 17.8. The molecule has 2 aliphatic carbocycles. The fourth-order valence-electron chi connectivity index (χ4n) is 10.4. The Labute approximate surface area is 385 Å². The summed E-state index contributed by atoms with van der Waals surface area (Å²) in [6, 6.07) is 8.50. The van der Waals surface area contributed by atoms with Crippen LogP contribution in [0.5, 0.6) is 74.7 Å². The molecule has 2 heterocycles. The van der Waals surface area contributed by atoms with Crippen LogP contribution in [0.3, 0.4) is 0 Å². The molecule has 4 aromatic carbocycles. The highest BCUT2D eigenvalue weighted by Crippen LogP contribution is 2.56. The molecule has 0 spiro atoms. The summed E-state index contributed by atoms with van der Waals surface area (Å²) >= 11 is 0. The Morgan fingerprint density at radius 3 is 1.48 bits per heavy atom. The molecular weight excluding hydrogens is 877 g/mol. The number of rotatable bonds is 15. The average molecular weight is 933 g/mol. The molecule has 2 saturated heterocycles. The Morgan fingerprint density at radius 1 is 0.552 bits per heavy atom. The molecule has 8 rings (SSSR count). The van der Waals surface area contributed by atoms with Gasteiger partial charge >= 0.3 is 0 Å². The van der Waals surface area contributed by atoms with E-state index in [2.05, 4.69) is 0 Å². The van der Waals surface area contributed by atoms with Crippen molar-refractivity contribution in [2.75, 3.05) is 54.3 Å². The minimum atomic E-state index is -2.15. The summed E-state index contributed by atoms with van der Waals surface area (Å²) in [5.74, 6) is -10.6. The average Bonchev–Trinajstić information content (AvgIpc) is 3.84. The fraction of sp³-hybridized carbons (Fsp3) is 0.458. The summed E-state index contributed by atoms with van der Waals surface area (Å²) in [6.45, 7) is 0.713. The van der Waals surface area contributed by atoms with E-state index >= 15 is 0 Å². The third-order valence-corrected chi connectivity index (χ3v) is 14.1. The van der Waals surface area contributed by atoms with Crippen LogP contribution in [0.4, 0.5) is 0 Å². The molecule has 2 fully saturated rings. The number of methoxy groups -OCH3 is 3. The Hall–Kier alpha value is -6.54. The van der Waals surface area contributed by atoms with Crippen LogP contribution in [0.1, 0.15) is 81.5 Å². The second kappa shape index (κ2) is 18.6. The van der Waals surface area contributed by atoms with Crippen LogP contribution in [-0.2, 0) is 25.3 Å². The van der Waals surface area contributed by atoms with Crippen LogP contribution in [0, 0.1) is 23.7 Å². The van der Waals surface area contributed by atoms with Crippen LogP contribution in [0.2, 0.25) is 0 Å². The topological polar surface area (TPSA) is 289 Å². The van der Waals surface area contributed by atoms with Crippen molar-refractivity contribution in [2.24, 2.45) is 23.7 Å². The number of nitrogens with zero attached hydrogens (tertiary/aromatic N) is 2. The number of phenols is 8. The Bertz CT molecular complexity index is 2520. The molecule has 0 radical (unpaired) electrons. The normalized spacial score (nSPS) is 19.4. The second-order valence-corrected chi connectivity index (χ2v) is 17.8. The maximum Gasteiger partial charge on any atom is 0.253 e. The van der Waals surface area contributed by atoms with Gasteiger partial charge in [-0.1, -0.05) is 30.3 Å². The first kappa shape index (κ1) is 47.0. The van der Waals surface area contributed by atoms with Gasteiger partial charge in [0.25, 0.3) is 5.91 Å². The molecule has 2 aliphatic heterocycles. The van der Waals surface area contributed by atoms with Crippen LogP contribution in [0.25, 0.3) is 0 Å². The third kappa shape index (κ3) is 8.34. The van der Waals surface area contributed by atoms with E-state index in [0.29, 0.717) is 75.8 Å². The monoisotopic (exact) mass is 932 g/mol. The molecule has 2 atom stereocenters. The predicted molar refractivity (Wildman–Crippen MR) is 236 cm³/mol. The van der Waals surface area contributed by atoms with E-state index < -0.39 is 76.3 Å². The van der Waals surface area contributed by atoms with Crippen LogP contribution < -0.4 is 23.7 Å². The number of benzene rings is 4. The number of fused-ring (bicyclic) bond motifs is 2. The largest absolute Gasteiger partial charge is 0.504 e. The van der Waals surface area contributed by atoms with Gasteiger partial charge in [-0.15, -0.1) is 0 Å². The van der Waals surface area contributed by atoms with Crippen molar-refractivity contribution >= 4 is 11.6 Å². The first-order chi connectivity index (χ1) is 32.0. The number of hydrogen-bond acceptors (Lipinski definition) is 19. The van der Waals surface area contributed by atoms with E-state index in [-0.39, 0.29) is 88.0 Å². The molecule has 2 unspecified atom stereocenters. The van der Waals surface area contributed by atoms with Gasteiger partial charge in [-0.2, -0.15) is 0 Å². The first-order valence-electron chi connectivity index (χ1n) is 22.2. The van der Waals surface area contributed by atoms with E-state index in [1.807, 2.05) is 4.90 Å². The molecule has 0 aromatic heterocycles. The SMILES string of the molecule is COc1c(O)c2c(c(O)c1OC)C(=O)C(CC1CCN(Cc3c(O)c(O)c(OCOc4c(O)c5c(c(O)c4OC)CC(CC4CCN(C(O)(O)c6ccccc6)CC4)C5=O)c(O)c3O)CC1)C2. The third-order valence-electron chi connectivity index (χ3n) is 14.1. The minimum Gasteiger partial charge on any atom is -0.504 e. The quantitative estimate of drug-likeness (QED) is 0.0440. The van der Waals surface area contributed by atoms with Gasteiger partial charge in [-0.05, 0) is 76.3 Å². The molecule has 4 aliphatic rings. The van der Waals surface area contributed by atoms with E-state index in [9.17, 15) is 60.7 Å². The van der Waals surface area contributed by atoms with Crippen molar-refractivity contribution in [2.45, 2.75) is 63.8 Å². The lowest BCUT2D eigenvalue weighted by molar-refractivity contribution is -0.280. The Kier molecular flexibility index (Phi) is 13.1. The zero-order chi connectivity index (χ0) is 48.1. The zero-order valence-corrected chi connectivity index (χ0v) is 37.3. The molecule has 67 heavy (non-hydrogen) atoms. The number of likely N-dealkylation sites (tertiary alicyclic amines) is 2. The van der Waals surface area contributed by atoms with Crippen molar-refractivity contribution in [3.05, 3.63) is 63.7 Å². The summed E-state index contributed by atoms with van der Waals surface area (Å²) in [5.41, 5.74) is 0.525. The first-order valence-corrected chi connectivity index (χ1v) is 22.2. The molecule has 19 heteroatoms. The molecular formula is C48H56N2O17. The number of carbonyl (C=O) groups excluding carboxylic acids is 2. The maximum absolute atomic E-state index is 13.8. The number of carbonyl (C=O) groups is 2. The van der Waals surface area contributed by atoms with Crippen molar-refractivity contribution in [1.82, 2.24) is 9.80 Å². The number of hydrogen-bond donors (Lipinski definition) is 10. The molecule has 360 valence electrons. The number of ether oxygens (including phenoxy) is 5. The summed E-state index contributed by atoms with van der Waals surface area (Å²) in [5, 5.41) is 110. The Morgan fingerprint density at radius 2 is 0.985 bits per heavy atom. The van der Waals surface area contributed by atoms with Crippen LogP contribution >= 0.6 is 0 Å². The van der Waals surface area contributed by atoms with Gasteiger partial charge in [0.15, 0.2) is 46.1 Å². The standard InChI is InChI=1S/C48H56N2O17/c1-63-44-37(55)28-19-25(33(51)31(28)39(57)46(44)65-3)17-23-9-13-49(14-10-23)21-30-35(53)41(59)43(42(60)36(30)54)66-22-67-47-40(58)32-29(38(56)45(47)64-2)20-26(34(32)52)18-24-11-15-50(16-12-24)48(61,62)27-7-5-4-6-8-27/h4-8,23-26,53-62H,9-22H2,1-3H3. The van der Waals surface area contributed by atoms with E-state index in [0.717, 1.165) is 0 Å². The highest BCUT2D eigenvalue weighted by atomic mass is 16.7. The number of piperidine rings is 2. The molecule has 10 N–H and O–H groups in total. The summed E-state index contributed by atoms with van der Waals surface area (Å²) in [7, 11) is 3.84. The van der Waals surface area contributed by atoms with Gasteiger partial charge in [-0.25, -0.2) is 4.90 Å². The van der Waals surface area contributed by atoms with Crippen molar-refractivity contribution in [3.63, 3.8) is 0 Å². The lowest BCUT2D eigenvalue weighted by atomic mass is 9.85. The minimum absolute atomic E-state index is 0.0257. The summed E-state index contributed by atoms with van der Waals surface area (Å²) in [4.78, 5) is 30.6. The van der Waals surface area contributed by atoms with Gasteiger partial charge in [0, 0.05) is 48.2 Å². The number of Topliss-reactive ketones (excluding diaryl/α,β-unsaturated/α-hetero) is 2. The van der Waals surface area contributed by atoms with E-state index in [4.69, 9.17) is 23.7 Å². The van der Waals surface area contributed by atoms with E-state index in [1.54, 1.807) is 35.2 Å². The highest BCUT2D eigenvalue weighted by Gasteiger charge is 2.43. The fourth-order valence-corrected chi connectivity index (χ4v) is 10.4. The van der Waals surface area contributed by atoms with E-state index in [1.165, 1.54) is 21.3 Å². The van der Waals surface area contributed by atoms with Gasteiger partial charge < -0.3 is 74.7 Å². The lowest BCUT2D eigenvalue weighted by Crippen LogP contribution is -2.50. The lowest BCUT2D eigenvalue weighted by Gasteiger charge is -2.40. The van der Waals surface area contributed by atoms with Gasteiger partial charge in [-0.3, -0.25) is 14.5 Å². The predicted octanol–water partition coefficient (Wildman–Crippen LogP) is 4.68. The number of aromatic hydroxyl groups is 8. The molecule has 0 saturated carbocycles. The van der Waals surface area contributed by atoms with Gasteiger partial charge in [0.2, 0.25) is 47.0 Å². The molecule has 19 nitrogen and oxygen atoms in total. The number of ketones is 2. The maximum atomic E-state index is 13.8. The zero-order valence-electron chi connectivity index (χ0n) is 37.3. The van der Waals surface area contributed by atoms with Crippen LogP contribution in [-0.4, -0.2) is 127 Å².